The van der Waals surface area contributed by atoms with Gasteiger partial charge in [0.15, 0.2) is 0 Å². The van der Waals surface area contributed by atoms with E-state index in [1.165, 1.54) is 6.20 Å². The highest BCUT2D eigenvalue weighted by Crippen LogP contribution is 2.33. The van der Waals surface area contributed by atoms with E-state index in [9.17, 15) is 8.78 Å². The minimum Gasteiger partial charge on any atom is -0.382 e. The third-order valence-electron chi connectivity index (χ3n) is 1.25. The van der Waals surface area contributed by atoms with Crippen LogP contribution < -0.4 is 5.73 Å². The minimum atomic E-state index is -2.62. The number of halogens is 4. The van der Waals surface area contributed by atoms with Crippen LogP contribution in [0.4, 0.5) is 14.6 Å². The fraction of sp³-hybridized carbons (Fsp3) is 0.167. The Bertz CT molecular complexity index is 306. The third-order valence-corrected chi connectivity index (χ3v) is 2.51. The Morgan fingerprint density at radius 1 is 1.58 bits per heavy atom. The van der Waals surface area contributed by atoms with Crippen LogP contribution in [-0.4, -0.2) is 4.98 Å². The Balaban J connectivity index is 3.33. The van der Waals surface area contributed by atoms with Crippen LogP contribution in [0.1, 0.15) is 12.0 Å². The van der Waals surface area contributed by atoms with Gasteiger partial charge in [0, 0.05) is 9.77 Å². The van der Waals surface area contributed by atoms with Gasteiger partial charge in [0.1, 0.15) is 5.82 Å². The topological polar surface area (TPSA) is 38.9 Å². The summed E-state index contributed by atoms with van der Waals surface area (Å²) in [6, 6.07) is 0. The standard InChI is InChI=1S/C6H4ClF2IN2/c7-4-3(5(8)9)2(10)1-12-6(4)11/h1,5H,(H2,11,12). The first-order valence-corrected chi connectivity index (χ1v) is 4.37. The highest BCUT2D eigenvalue weighted by molar-refractivity contribution is 14.1. The van der Waals surface area contributed by atoms with Crippen molar-refractivity contribution in [2.45, 2.75) is 6.43 Å². The van der Waals surface area contributed by atoms with Gasteiger partial charge in [-0.05, 0) is 22.6 Å². The summed E-state index contributed by atoms with van der Waals surface area (Å²) in [4.78, 5) is 3.63. The van der Waals surface area contributed by atoms with Crippen LogP contribution in [0.15, 0.2) is 6.20 Å². The van der Waals surface area contributed by atoms with Gasteiger partial charge in [-0.1, -0.05) is 11.6 Å². The van der Waals surface area contributed by atoms with Gasteiger partial charge in [-0.15, -0.1) is 0 Å². The zero-order valence-electron chi connectivity index (χ0n) is 5.69. The molecule has 0 aliphatic rings. The molecule has 0 bridgehead atoms. The molecular formula is C6H4ClF2IN2. The summed E-state index contributed by atoms with van der Waals surface area (Å²) < 4.78 is 24.9. The predicted molar refractivity (Wildman–Crippen MR) is 51.3 cm³/mol. The molecule has 0 radical (unpaired) electrons. The quantitative estimate of drug-likeness (QED) is 0.810. The Morgan fingerprint density at radius 2 is 2.17 bits per heavy atom. The second-order valence-electron chi connectivity index (χ2n) is 2.02. The number of alkyl halides is 2. The van der Waals surface area contributed by atoms with E-state index in [0.29, 0.717) is 3.57 Å². The molecule has 1 aromatic rings. The van der Waals surface area contributed by atoms with Crippen molar-refractivity contribution in [1.29, 1.82) is 0 Å². The van der Waals surface area contributed by atoms with Crippen molar-refractivity contribution in [3.63, 3.8) is 0 Å². The lowest BCUT2D eigenvalue weighted by atomic mass is 10.3. The smallest absolute Gasteiger partial charge is 0.266 e. The maximum absolute atomic E-state index is 12.3. The molecule has 2 N–H and O–H groups in total. The van der Waals surface area contributed by atoms with E-state index in [1.807, 2.05) is 0 Å². The van der Waals surface area contributed by atoms with E-state index in [1.54, 1.807) is 22.6 Å². The molecule has 0 unspecified atom stereocenters. The van der Waals surface area contributed by atoms with E-state index in [4.69, 9.17) is 17.3 Å². The van der Waals surface area contributed by atoms with E-state index < -0.39 is 6.43 Å². The van der Waals surface area contributed by atoms with Gasteiger partial charge >= 0.3 is 0 Å². The van der Waals surface area contributed by atoms with Crippen molar-refractivity contribution in [3.05, 3.63) is 20.4 Å². The molecule has 0 saturated carbocycles. The number of pyridine rings is 1. The number of aromatic nitrogens is 1. The molecule has 0 fully saturated rings. The van der Waals surface area contributed by atoms with Crippen molar-refractivity contribution < 1.29 is 8.78 Å². The molecule has 12 heavy (non-hydrogen) atoms. The van der Waals surface area contributed by atoms with Gasteiger partial charge in [-0.3, -0.25) is 0 Å². The van der Waals surface area contributed by atoms with E-state index in [2.05, 4.69) is 4.98 Å². The van der Waals surface area contributed by atoms with E-state index in [-0.39, 0.29) is 16.4 Å². The Morgan fingerprint density at radius 3 is 2.58 bits per heavy atom. The maximum Gasteiger partial charge on any atom is 0.266 e. The molecule has 0 aliphatic carbocycles. The second-order valence-corrected chi connectivity index (χ2v) is 3.56. The summed E-state index contributed by atoms with van der Waals surface area (Å²) >= 11 is 7.26. The first-order valence-electron chi connectivity index (χ1n) is 2.91. The van der Waals surface area contributed by atoms with Gasteiger partial charge in [-0.2, -0.15) is 0 Å². The van der Waals surface area contributed by atoms with Crippen LogP contribution in [-0.2, 0) is 0 Å². The molecule has 0 aliphatic heterocycles. The Hall–Kier alpha value is -0.170. The van der Waals surface area contributed by atoms with Crippen molar-refractivity contribution in [1.82, 2.24) is 4.98 Å². The maximum atomic E-state index is 12.3. The molecule has 0 atom stereocenters. The van der Waals surface area contributed by atoms with Crippen LogP contribution in [0, 0.1) is 3.57 Å². The highest BCUT2D eigenvalue weighted by atomic mass is 127. The fourth-order valence-corrected chi connectivity index (χ4v) is 1.73. The number of hydrogen-bond donors (Lipinski definition) is 1. The first-order chi connectivity index (χ1) is 5.54. The molecule has 0 spiro atoms. The molecule has 1 heterocycles. The molecule has 1 aromatic heterocycles. The van der Waals surface area contributed by atoms with Gasteiger partial charge in [0.05, 0.1) is 10.6 Å². The van der Waals surface area contributed by atoms with Crippen molar-refractivity contribution in [3.8, 4) is 0 Å². The van der Waals surface area contributed by atoms with Gasteiger partial charge in [-0.25, -0.2) is 13.8 Å². The Labute approximate surface area is 86.3 Å². The summed E-state index contributed by atoms with van der Waals surface area (Å²) in [5.41, 5.74) is 5.00. The number of anilines is 1. The lowest BCUT2D eigenvalue weighted by Gasteiger charge is -2.06. The van der Waals surface area contributed by atoms with Crippen molar-refractivity contribution >= 4 is 40.0 Å². The zero-order valence-corrected chi connectivity index (χ0v) is 8.60. The van der Waals surface area contributed by atoms with Crippen LogP contribution in [0.5, 0.6) is 0 Å². The molecule has 0 aromatic carbocycles. The summed E-state index contributed by atoms with van der Waals surface area (Å²) in [6.45, 7) is 0. The fourth-order valence-electron chi connectivity index (χ4n) is 0.695. The average molecular weight is 304 g/mol. The molecule has 0 saturated heterocycles. The highest BCUT2D eigenvalue weighted by Gasteiger charge is 2.18. The predicted octanol–water partition coefficient (Wildman–Crippen LogP) is 2.86. The molecule has 0 amide bonds. The molecule has 2 nitrogen and oxygen atoms in total. The van der Waals surface area contributed by atoms with Crippen LogP contribution in [0.3, 0.4) is 0 Å². The molecule has 6 heteroatoms. The number of hydrogen-bond acceptors (Lipinski definition) is 2. The molecule has 66 valence electrons. The lowest BCUT2D eigenvalue weighted by Crippen LogP contribution is -1.98. The van der Waals surface area contributed by atoms with Crippen LogP contribution >= 0.6 is 34.2 Å². The SMILES string of the molecule is Nc1ncc(I)c(C(F)F)c1Cl. The second kappa shape index (κ2) is 3.69. The summed E-state index contributed by atoms with van der Waals surface area (Å²) in [7, 11) is 0. The largest absolute Gasteiger partial charge is 0.382 e. The van der Waals surface area contributed by atoms with Crippen LogP contribution in [0.2, 0.25) is 5.02 Å². The van der Waals surface area contributed by atoms with E-state index >= 15 is 0 Å². The van der Waals surface area contributed by atoms with Gasteiger partial charge < -0.3 is 5.73 Å². The number of nitrogens with zero attached hydrogens (tertiary/aromatic N) is 1. The molecule has 1 rings (SSSR count). The van der Waals surface area contributed by atoms with Gasteiger partial charge in [0.25, 0.3) is 6.43 Å². The van der Waals surface area contributed by atoms with E-state index in [0.717, 1.165) is 0 Å². The monoisotopic (exact) mass is 304 g/mol. The number of rotatable bonds is 1. The molecular weight excluding hydrogens is 300 g/mol. The summed E-state index contributed by atoms with van der Waals surface area (Å²) in [5.74, 6) is -0.0626. The Kier molecular flexibility index (Phi) is 3.05. The first kappa shape index (κ1) is 9.91. The summed E-state index contributed by atoms with van der Waals surface area (Å²) in [5, 5.41) is -0.156. The summed E-state index contributed by atoms with van der Waals surface area (Å²) in [6.07, 6.45) is -1.35. The number of nitrogen functional groups attached to an aromatic ring is 1. The minimum absolute atomic E-state index is 0.0626. The third kappa shape index (κ3) is 1.77. The van der Waals surface area contributed by atoms with Crippen molar-refractivity contribution in [2.24, 2.45) is 0 Å². The van der Waals surface area contributed by atoms with Crippen molar-refractivity contribution in [2.75, 3.05) is 5.73 Å². The van der Waals surface area contributed by atoms with Gasteiger partial charge in [0.2, 0.25) is 0 Å². The average Bonchev–Trinajstić information content (AvgIpc) is 1.97. The normalized spacial score (nSPS) is 10.8. The zero-order chi connectivity index (χ0) is 9.30. The van der Waals surface area contributed by atoms with Crippen LogP contribution in [0.25, 0.3) is 0 Å². The lowest BCUT2D eigenvalue weighted by molar-refractivity contribution is 0.150. The number of nitrogens with two attached hydrogens (primary N) is 1.